The number of piperazine rings is 1. The molecule has 0 aliphatic carbocycles. The van der Waals surface area contributed by atoms with Gasteiger partial charge in [0.25, 0.3) is 11.6 Å². The van der Waals surface area contributed by atoms with E-state index in [0.29, 0.717) is 13.1 Å². The Morgan fingerprint density at radius 3 is 2.63 bits per heavy atom. The van der Waals surface area contributed by atoms with Crippen LogP contribution in [0.3, 0.4) is 0 Å². The van der Waals surface area contributed by atoms with Crippen LogP contribution in [-0.4, -0.2) is 48.7 Å². The van der Waals surface area contributed by atoms with Crippen molar-refractivity contribution in [3.63, 3.8) is 0 Å². The number of aromatic hydroxyl groups is 1. The van der Waals surface area contributed by atoms with Crippen LogP contribution in [0, 0.1) is 10.1 Å². The van der Waals surface area contributed by atoms with Gasteiger partial charge in [0.15, 0.2) is 6.54 Å². The number of amides is 1. The molecule has 3 N–H and O–H groups in total. The Hall–Kier alpha value is -2.84. The highest BCUT2D eigenvalue weighted by Gasteiger charge is 2.24. The lowest BCUT2D eigenvalue weighted by molar-refractivity contribution is -0.892. The first kappa shape index (κ1) is 18.9. The van der Waals surface area contributed by atoms with E-state index in [2.05, 4.69) is 10.2 Å². The molecule has 0 unspecified atom stereocenters. The number of phenolic OH excluding ortho intramolecular Hbond substituents is 1. The highest BCUT2D eigenvalue weighted by molar-refractivity contribution is 6.31. The van der Waals surface area contributed by atoms with Crippen LogP contribution in [0.25, 0.3) is 0 Å². The van der Waals surface area contributed by atoms with Crippen LogP contribution >= 0.6 is 11.6 Å². The van der Waals surface area contributed by atoms with E-state index >= 15 is 0 Å². The zero-order valence-electron chi connectivity index (χ0n) is 14.5. The van der Waals surface area contributed by atoms with Gasteiger partial charge in [-0.1, -0.05) is 23.7 Å². The molecule has 27 heavy (non-hydrogen) atoms. The highest BCUT2D eigenvalue weighted by atomic mass is 35.5. The summed E-state index contributed by atoms with van der Waals surface area (Å²) in [6.45, 7) is 3.09. The second kappa shape index (κ2) is 8.24. The molecule has 142 valence electrons. The van der Waals surface area contributed by atoms with Gasteiger partial charge in [-0.2, -0.15) is 0 Å². The van der Waals surface area contributed by atoms with Gasteiger partial charge in [-0.05, 0) is 24.3 Å². The Balaban J connectivity index is 1.56. The van der Waals surface area contributed by atoms with Crippen molar-refractivity contribution in [2.45, 2.75) is 0 Å². The number of anilines is 2. The number of carbonyl (C=O) groups is 1. The van der Waals surface area contributed by atoms with Crippen LogP contribution in [0.5, 0.6) is 5.75 Å². The first-order valence-electron chi connectivity index (χ1n) is 8.54. The summed E-state index contributed by atoms with van der Waals surface area (Å²) < 4.78 is 0. The minimum atomic E-state index is -0.570. The molecular weight excluding hydrogens is 372 g/mol. The van der Waals surface area contributed by atoms with E-state index in [1.54, 1.807) is 12.1 Å². The van der Waals surface area contributed by atoms with Crippen LogP contribution in [0.15, 0.2) is 42.5 Å². The number of nitro benzene ring substituents is 1. The molecule has 9 heteroatoms. The maximum atomic E-state index is 12.3. The summed E-state index contributed by atoms with van der Waals surface area (Å²) in [5, 5.41) is 23.9. The molecule has 0 saturated carbocycles. The predicted molar refractivity (Wildman–Crippen MR) is 103 cm³/mol. The van der Waals surface area contributed by atoms with E-state index in [1.807, 2.05) is 12.1 Å². The van der Waals surface area contributed by atoms with Gasteiger partial charge in [0.1, 0.15) is 11.4 Å². The number of rotatable bonds is 5. The smallest absolute Gasteiger partial charge is 0.294 e. The van der Waals surface area contributed by atoms with Crippen molar-refractivity contribution in [1.82, 2.24) is 0 Å². The van der Waals surface area contributed by atoms with E-state index < -0.39 is 4.92 Å². The van der Waals surface area contributed by atoms with Gasteiger partial charge in [-0.15, -0.1) is 0 Å². The molecule has 1 amide bonds. The first-order chi connectivity index (χ1) is 12.9. The van der Waals surface area contributed by atoms with Crippen LogP contribution in [0.1, 0.15) is 0 Å². The van der Waals surface area contributed by atoms with Crippen LogP contribution in [0.4, 0.5) is 17.1 Å². The Bertz CT molecular complexity index is 853. The summed E-state index contributed by atoms with van der Waals surface area (Å²) >= 11 is 5.78. The topological polar surface area (TPSA) is 100 Å². The molecular formula is C18H20ClN4O4+. The quantitative estimate of drug-likeness (QED) is 0.527. The normalized spacial score (nSPS) is 14.8. The Morgan fingerprint density at radius 1 is 1.26 bits per heavy atom. The van der Waals surface area contributed by atoms with Gasteiger partial charge in [0, 0.05) is 11.1 Å². The van der Waals surface area contributed by atoms with Crippen LogP contribution in [-0.2, 0) is 4.79 Å². The Kier molecular flexibility index (Phi) is 5.78. The number of hydrogen-bond acceptors (Lipinski definition) is 5. The molecule has 2 aromatic carbocycles. The van der Waals surface area contributed by atoms with Gasteiger partial charge >= 0.3 is 0 Å². The number of hydrogen-bond donors (Lipinski definition) is 3. The fraction of sp³-hybridized carbons (Fsp3) is 0.278. The maximum Gasteiger partial charge on any atom is 0.294 e. The second-order valence-corrected chi connectivity index (χ2v) is 6.81. The van der Waals surface area contributed by atoms with Gasteiger partial charge < -0.3 is 20.2 Å². The Labute approximate surface area is 161 Å². The average Bonchev–Trinajstić information content (AvgIpc) is 2.64. The van der Waals surface area contributed by atoms with Gasteiger partial charge in [0.05, 0.1) is 36.8 Å². The van der Waals surface area contributed by atoms with Crippen LogP contribution < -0.4 is 15.1 Å². The highest BCUT2D eigenvalue weighted by Crippen LogP contribution is 2.28. The molecule has 1 heterocycles. The third-order valence-corrected chi connectivity index (χ3v) is 4.77. The second-order valence-electron chi connectivity index (χ2n) is 6.37. The number of carbonyl (C=O) groups excluding carboxylic acids is 1. The van der Waals surface area contributed by atoms with Gasteiger partial charge in [-0.3, -0.25) is 14.9 Å². The van der Waals surface area contributed by atoms with Crippen molar-refractivity contribution >= 4 is 34.6 Å². The standard InChI is InChI=1S/C18H19ClN4O4/c19-13-5-6-14(16(11-13)23(26)27)20-18(25)12-21-7-9-22(10-8-21)15-3-1-2-4-17(15)24/h1-6,11,24H,7-10,12H2,(H,20,25)/p+1. The van der Waals surface area contributed by atoms with Crippen molar-refractivity contribution in [3.8, 4) is 5.75 Å². The van der Waals surface area contributed by atoms with Crippen LogP contribution in [0.2, 0.25) is 5.02 Å². The van der Waals surface area contributed by atoms with Crippen molar-refractivity contribution in [2.75, 3.05) is 42.9 Å². The molecule has 1 aliphatic heterocycles. The lowest BCUT2D eigenvalue weighted by Gasteiger charge is -2.33. The first-order valence-corrected chi connectivity index (χ1v) is 8.92. The van der Waals surface area contributed by atoms with E-state index in [-0.39, 0.29) is 34.6 Å². The zero-order valence-corrected chi connectivity index (χ0v) is 15.3. The molecule has 0 aromatic heterocycles. The number of quaternary nitrogens is 1. The van der Waals surface area contributed by atoms with E-state index in [1.165, 1.54) is 18.2 Å². The summed E-state index contributed by atoms with van der Waals surface area (Å²) in [4.78, 5) is 26.0. The third-order valence-electron chi connectivity index (χ3n) is 4.53. The number of nitro groups is 1. The molecule has 0 atom stereocenters. The molecule has 0 spiro atoms. The molecule has 2 aromatic rings. The third kappa shape index (κ3) is 4.66. The largest absolute Gasteiger partial charge is 0.506 e. The lowest BCUT2D eigenvalue weighted by Crippen LogP contribution is -3.15. The van der Waals surface area contributed by atoms with Crippen molar-refractivity contribution < 1.29 is 19.7 Å². The molecule has 1 fully saturated rings. The summed E-state index contributed by atoms with van der Waals surface area (Å²) in [6.07, 6.45) is 0. The lowest BCUT2D eigenvalue weighted by atomic mass is 10.2. The fourth-order valence-corrected chi connectivity index (χ4v) is 3.32. The van der Waals surface area contributed by atoms with E-state index in [0.717, 1.165) is 23.7 Å². The minimum absolute atomic E-state index is 0.140. The summed E-state index contributed by atoms with van der Waals surface area (Å²) in [5.74, 6) is -0.0415. The van der Waals surface area contributed by atoms with E-state index in [4.69, 9.17) is 11.6 Å². The fourth-order valence-electron chi connectivity index (χ4n) is 3.16. The molecule has 0 bridgehead atoms. The number of phenols is 1. The number of nitrogens with zero attached hydrogens (tertiary/aromatic N) is 2. The minimum Gasteiger partial charge on any atom is -0.506 e. The van der Waals surface area contributed by atoms with E-state index in [9.17, 15) is 20.0 Å². The molecule has 3 rings (SSSR count). The Morgan fingerprint density at radius 2 is 1.96 bits per heavy atom. The van der Waals surface area contributed by atoms with Crippen molar-refractivity contribution in [2.24, 2.45) is 0 Å². The molecule has 8 nitrogen and oxygen atoms in total. The van der Waals surface area contributed by atoms with Crippen molar-refractivity contribution in [1.29, 1.82) is 0 Å². The van der Waals surface area contributed by atoms with Crippen molar-refractivity contribution in [3.05, 3.63) is 57.6 Å². The summed E-state index contributed by atoms with van der Waals surface area (Å²) in [6, 6.07) is 11.3. The van der Waals surface area contributed by atoms with Gasteiger partial charge in [-0.25, -0.2) is 0 Å². The SMILES string of the molecule is O=C(C[NH+]1CCN(c2ccccc2O)CC1)Nc1ccc(Cl)cc1[N+](=O)[O-]. The number of para-hydroxylation sites is 2. The summed E-state index contributed by atoms with van der Waals surface area (Å²) in [7, 11) is 0. The number of nitrogens with one attached hydrogen (secondary N) is 2. The number of benzene rings is 2. The monoisotopic (exact) mass is 391 g/mol. The molecule has 1 aliphatic rings. The maximum absolute atomic E-state index is 12.3. The average molecular weight is 392 g/mol. The molecule has 1 saturated heterocycles. The molecule has 0 radical (unpaired) electrons. The number of halogens is 1. The predicted octanol–water partition coefficient (Wildman–Crippen LogP) is 1.30. The zero-order chi connectivity index (χ0) is 19.4. The van der Waals surface area contributed by atoms with Gasteiger partial charge in [0.2, 0.25) is 0 Å². The summed E-state index contributed by atoms with van der Waals surface area (Å²) in [5.41, 5.74) is 0.703.